The number of nitriles is 1. The molecular weight excluding hydrogens is 112 g/mol. The molecule has 0 heterocycles. The van der Waals surface area contributed by atoms with Crippen molar-refractivity contribution in [2.75, 3.05) is 0 Å². The SMILES string of the molecule is C=CCC(N)C(=C)C#N. The lowest BCUT2D eigenvalue weighted by Gasteiger charge is -2.02. The van der Waals surface area contributed by atoms with Crippen LogP contribution in [-0.4, -0.2) is 6.04 Å². The van der Waals surface area contributed by atoms with Gasteiger partial charge in [-0.2, -0.15) is 5.26 Å². The van der Waals surface area contributed by atoms with E-state index in [0.29, 0.717) is 12.0 Å². The zero-order valence-electron chi connectivity index (χ0n) is 5.30. The van der Waals surface area contributed by atoms with Gasteiger partial charge in [0, 0.05) is 11.6 Å². The van der Waals surface area contributed by atoms with Crippen molar-refractivity contribution in [1.29, 1.82) is 5.26 Å². The smallest absolute Gasteiger partial charge is 0.0957 e. The Morgan fingerprint density at radius 2 is 2.44 bits per heavy atom. The molecule has 0 saturated carbocycles. The van der Waals surface area contributed by atoms with Crippen molar-refractivity contribution < 1.29 is 0 Å². The molecule has 0 aliphatic rings. The summed E-state index contributed by atoms with van der Waals surface area (Å²) in [4.78, 5) is 0. The number of nitrogens with zero attached hydrogens (tertiary/aromatic N) is 1. The largest absolute Gasteiger partial charge is 0.323 e. The van der Waals surface area contributed by atoms with Gasteiger partial charge >= 0.3 is 0 Å². The van der Waals surface area contributed by atoms with Crippen LogP contribution in [0.1, 0.15) is 6.42 Å². The molecule has 0 aromatic heterocycles. The summed E-state index contributed by atoms with van der Waals surface area (Å²) in [7, 11) is 0. The Labute approximate surface area is 55.3 Å². The minimum atomic E-state index is -0.243. The van der Waals surface area contributed by atoms with Crippen LogP contribution in [0.15, 0.2) is 24.8 Å². The highest BCUT2D eigenvalue weighted by Crippen LogP contribution is 1.98. The molecule has 0 aromatic rings. The molecular formula is C7H10N2. The Kier molecular flexibility index (Phi) is 3.41. The minimum absolute atomic E-state index is 0.243. The van der Waals surface area contributed by atoms with Crippen molar-refractivity contribution in [3.8, 4) is 6.07 Å². The first-order valence-electron chi connectivity index (χ1n) is 2.67. The monoisotopic (exact) mass is 122 g/mol. The van der Waals surface area contributed by atoms with Crippen molar-refractivity contribution >= 4 is 0 Å². The summed E-state index contributed by atoms with van der Waals surface area (Å²) in [5.74, 6) is 0. The normalized spacial score (nSPS) is 11.6. The summed E-state index contributed by atoms with van der Waals surface area (Å²) in [5.41, 5.74) is 5.86. The molecule has 0 amide bonds. The van der Waals surface area contributed by atoms with Crippen molar-refractivity contribution in [3.05, 3.63) is 24.8 Å². The quantitative estimate of drug-likeness (QED) is 0.448. The van der Waals surface area contributed by atoms with Gasteiger partial charge in [-0.3, -0.25) is 0 Å². The first-order chi connectivity index (χ1) is 4.22. The first kappa shape index (κ1) is 7.93. The fourth-order valence-electron chi connectivity index (χ4n) is 0.405. The van der Waals surface area contributed by atoms with E-state index in [1.165, 1.54) is 0 Å². The number of rotatable bonds is 3. The van der Waals surface area contributed by atoms with E-state index in [1.807, 2.05) is 6.07 Å². The Balaban J connectivity index is 3.75. The lowest BCUT2D eigenvalue weighted by atomic mass is 10.1. The number of hydrogen-bond acceptors (Lipinski definition) is 2. The third-order valence-electron chi connectivity index (χ3n) is 1.01. The van der Waals surface area contributed by atoms with Crippen LogP contribution in [0.25, 0.3) is 0 Å². The summed E-state index contributed by atoms with van der Waals surface area (Å²) in [6, 6.07) is 1.64. The van der Waals surface area contributed by atoms with Crippen LogP contribution in [0.5, 0.6) is 0 Å². The standard InChI is InChI=1S/C7H10N2/c1-3-4-7(9)6(2)5-8/h3,7H,1-2,4,9H2. The Bertz CT molecular complexity index is 153. The molecule has 0 spiro atoms. The molecule has 1 atom stereocenters. The van der Waals surface area contributed by atoms with E-state index in [1.54, 1.807) is 6.08 Å². The number of hydrogen-bond donors (Lipinski definition) is 1. The van der Waals surface area contributed by atoms with E-state index in [-0.39, 0.29) is 6.04 Å². The molecule has 0 aromatic carbocycles. The predicted molar refractivity (Wildman–Crippen MR) is 37.5 cm³/mol. The first-order valence-corrected chi connectivity index (χ1v) is 2.67. The van der Waals surface area contributed by atoms with Crippen molar-refractivity contribution in [2.24, 2.45) is 5.73 Å². The molecule has 0 aliphatic heterocycles. The van der Waals surface area contributed by atoms with E-state index in [0.717, 1.165) is 0 Å². The number of nitrogens with two attached hydrogens (primary N) is 1. The van der Waals surface area contributed by atoms with Gasteiger partial charge in [0.2, 0.25) is 0 Å². The molecule has 0 radical (unpaired) electrons. The predicted octanol–water partition coefficient (Wildman–Crippen LogP) is 0.970. The zero-order valence-corrected chi connectivity index (χ0v) is 5.30. The van der Waals surface area contributed by atoms with E-state index in [4.69, 9.17) is 11.0 Å². The molecule has 0 rings (SSSR count). The van der Waals surface area contributed by atoms with Crippen LogP contribution in [0.4, 0.5) is 0 Å². The maximum absolute atomic E-state index is 8.27. The molecule has 2 N–H and O–H groups in total. The lowest BCUT2D eigenvalue weighted by molar-refractivity contribution is 0.809. The van der Waals surface area contributed by atoms with E-state index >= 15 is 0 Å². The van der Waals surface area contributed by atoms with Gasteiger partial charge in [-0.05, 0) is 6.42 Å². The second-order valence-corrected chi connectivity index (χ2v) is 1.77. The van der Waals surface area contributed by atoms with E-state index < -0.39 is 0 Å². The fraction of sp³-hybridized carbons (Fsp3) is 0.286. The van der Waals surface area contributed by atoms with Crippen molar-refractivity contribution in [2.45, 2.75) is 12.5 Å². The van der Waals surface area contributed by atoms with Gasteiger partial charge in [0.05, 0.1) is 6.07 Å². The van der Waals surface area contributed by atoms with Crippen LogP contribution in [0.3, 0.4) is 0 Å². The molecule has 0 aliphatic carbocycles. The molecule has 0 bridgehead atoms. The average Bonchev–Trinajstić information content (AvgIpc) is 1.87. The summed E-state index contributed by atoms with van der Waals surface area (Å²) in [6.07, 6.45) is 2.29. The van der Waals surface area contributed by atoms with Crippen LogP contribution in [0.2, 0.25) is 0 Å². The van der Waals surface area contributed by atoms with Crippen molar-refractivity contribution in [3.63, 3.8) is 0 Å². The summed E-state index contributed by atoms with van der Waals surface area (Å²) < 4.78 is 0. The van der Waals surface area contributed by atoms with Gasteiger partial charge < -0.3 is 5.73 Å². The maximum atomic E-state index is 8.27. The molecule has 48 valence electrons. The van der Waals surface area contributed by atoms with Gasteiger partial charge in [-0.1, -0.05) is 12.7 Å². The molecule has 2 nitrogen and oxygen atoms in total. The second-order valence-electron chi connectivity index (χ2n) is 1.77. The van der Waals surface area contributed by atoms with Crippen LogP contribution in [-0.2, 0) is 0 Å². The fourth-order valence-corrected chi connectivity index (χ4v) is 0.405. The molecule has 9 heavy (non-hydrogen) atoms. The van der Waals surface area contributed by atoms with E-state index in [2.05, 4.69) is 13.2 Å². The van der Waals surface area contributed by atoms with Crippen LogP contribution >= 0.6 is 0 Å². The van der Waals surface area contributed by atoms with Gasteiger partial charge in [-0.15, -0.1) is 6.58 Å². The van der Waals surface area contributed by atoms with Crippen LogP contribution in [0, 0.1) is 11.3 Å². The topological polar surface area (TPSA) is 49.8 Å². The summed E-state index contributed by atoms with van der Waals surface area (Å²) in [6.45, 7) is 6.94. The van der Waals surface area contributed by atoms with Gasteiger partial charge in [-0.25, -0.2) is 0 Å². The van der Waals surface area contributed by atoms with Crippen LogP contribution < -0.4 is 5.73 Å². The lowest BCUT2D eigenvalue weighted by Crippen LogP contribution is -2.19. The minimum Gasteiger partial charge on any atom is -0.323 e. The third-order valence-corrected chi connectivity index (χ3v) is 1.01. The molecule has 0 fully saturated rings. The third kappa shape index (κ3) is 2.68. The van der Waals surface area contributed by atoms with Gasteiger partial charge in [0.25, 0.3) is 0 Å². The Morgan fingerprint density at radius 3 is 2.78 bits per heavy atom. The molecule has 1 unspecified atom stereocenters. The molecule has 0 saturated heterocycles. The molecule has 2 heteroatoms. The second kappa shape index (κ2) is 3.88. The van der Waals surface area contributed by atoms with E-state index in [9.17, 15) is 0 Å². The Morgan fingerprint density at radius 1 is 1.89 bits per heavy atom. The highest BCUT2D eigenvalue weighted by molar-refractivity contribution is 5.22. The average molecular weight is 122 g/mol. The summed E-state index contributed by atoms with van der Waals surface area (Å²) >= 11 is 0. The highest BCUT2D eigenvalue weighted by Gasteiger charge is 2.01. The zero-order chi connectivity index (χ0) is 7.28. The van der Waals surface area contributed by atoms with Gasteiger partial charge in [0.15, 0.2) is 0 Å². The maximum Gasteiger partial charge on any atom is 0.0957 e. The summed E-state index contributed by atoms with van der Waals surface area (Å²) in [5, 5.41) is 8.27. The van der Waals surface area contributed by atoms with Crippen molar-refractivity contribution in [1.82, 2.24) is 0 Å². The Hall–Kier alpha value is -1.07. The van der Waals surface area contributed by atoms with Gasteiger partial charge in [0.1, 0.15) is 0 Å². The highest BCUT2D eigenvalue weighted by atomic mass is 14.6.